The van der Waals surface area contributed by atoms with Crippen molar-refractivity contribution in [2.24, 2.45) is 0 Å². The predicted octanol–water partition coefficient (Wildman–Crippen LogP) is 2.76. The first-order valence-electron chi connectivity index (χ1n) is 6.16. The Morgan fingerprint density at radius 1 is 1.42 bits per heavy atom. The normalized spacial score (nSPS) is 17.6. The molecule has 102 valence electrons. The molecule has 0 saturated heterocycles. The molecule has 0 aromatic heterocycles. The molecule has 0 spiro atoms. The number of carboxylic acid groups (broad SMARTS) is 1. The second-order valence-corrected chi connectivity index (χ2v) is 5.92. The summed E-state index contributed by atoms with van der Waals surface area (Å²) in [6.07, 6.45) is 1.74. The molecular formula is C14H16BrNO3. The first-order valence-corrected chi connectivity index (χ1v) is 6.96. The largest absolute Gasteiger partial charge is 0.479 e. The van der Waals surface area contributed by atoms with E-state index < -0.39 is 11.5 Å². The maximum absolute atomic E-state index is 11.9. The quantitative estimate of drug-likeness (QED) is 0.926. The highest BCUT2D eigenvalue weighted by Crippen LogP contribution is 2.39. The lowest BCUT2D eigenvalue weighted by molar-refractivity contribution is -0.159. The van der Waals surface area contributed by atoms with Crippen LogP contribution in [0.3, 0.4) is 0 Å². The van der Waals surface area contributed by atoms with Crippen LogP contribution in [0.4, 0.5) is 0 Å². The zero-order valence-corrected chi connectivity index (χ0v) is 12.5. The highest BCUT2D eigenvalue weighted by Gasteiger charge is 2.49. The van der Waals surface area contributed by atoms with Gasteiger partial charge >= 0.3 is 5.97 Å². The van der Waals surface area contributed by atoms with Crippen LogP contribution in [-0.2, 0) is 15.1 Å². The molecular weight excluding hydrogens is 310 g/mol. The minimum Gasteiger partial charge on any atom is -0.479 e. The third kappa shape index (κ3) is 2.52. The van der Waals surface area contributed by atoms with Crippen molar-refractivity contribution in [3.63, 3.8) is 0 Å². The third-order valence-electron chi connectivity index (χ3n) is 3.54. The number of halogens is 1. The van der Waals surface area contributed by atoms with E-state index in [1.807, 2.05) is 6.07 Å². The average molecular weight is 326 g/mol. The summed E-state index contributed by atoms with van der Waals surface area (Å²) in [5, 5.41) is 9.66. The Bertz CT molecular complexity index is 527. The second-order valence-electron chi connectivity index (χ2n) is 5.01. The molecule has 0 heterocycles. The van der Waals surface area contributed by atoms with Crippen LogP contribution in [-0.4, -0.2) is 27.9 Å². The molecule has 0 aliphatic heterocycles. The van der Waals surface area contributed by atoms with Crippen molar-refractivity contribution in [3.8, 4) is 0 Å². The van der Waals surface area contributed by atoms with Crippen molar-refractivity contribution in [2.45, 2.75) is 38.3 Å². The highest BCUT2D eigenvalue weighted by molar-refractivity contribution is 9.10. The molecule has 5 heteroatoms. The number of hydrogen-bond donors (Lipinski definition) is 1. The Morgan fingerprint density at radius 3 is 2.47 bits per heavy atom. The molecule has 1 fully saturated rings. The van der Waals surface area contributed by atoms with E-state index in [4.69, 9.17) is 0 Å². The standard InChI is InChI=1S/C14H16BrNO3/c1-9(17)16(12-6-7-12)14(2,13(18)19)10-4-3-5-11(15)8-10/h3-5,8,12H,6-7H2,1-2H3,(H,18,19). The first-order chi connectivity index (χ1) is 8.87. The molecule has 1 atom stereocenters. The SMILES string of the molecule is CC(=O)N(C1CC1)C(C)(C(=O)O)c1cccc(Br)c1. The number of rotatable bonds is 4. The zero-order chi connectivity index (χ0) is 14.2. The van der Waals surface area contributed by atoms with Crippen LogP contribution in [0.25, 0.3) is 0 Å². The summed E-state index contributed by atoms with van der Waals surface area (Å²) in [4.78, 5) is 25.2. The molecule has 0 bridgehead atoms. The van der Waals surface area contributed by atoms with Crippen molar-refractivity contribution in [3.05, 3.63) is 34.3 Å². The zero-order valence-electron chi connectivity index (χ0n) is 10.9. The number of nitrogens with zero attached hydrogens (tertiary/aromatic N) is 1. The van der Waals surface area contributed by atoms with Crippen molar-refractivity contribution in [1.82, 2.24) is 4.90 Å². The van der Waals surface area contributed by atoms with Crippen molar-refractivity contribution >= 4 is 27.8 Å². The summed E-state index contributed by atoms with van der Waals surface area (Å²) in [6.45, 7) is 3.02. The van der Waals surface area contributed by atoms with Crippen LogP contribution in [0, 0.1) is 0 Å². The number of benzene rings is 1. The molecule has 1 aromatic rings. The molecule has 1 amide bonds. The van der Waals surface area contributed by atoms with Gasteiger partial charge in [-0.1, -0.05) is 28.1 Å². The topological polar surface area (TPSA) is 57.6 Å². The van der Waals surface area contributed by atoms with E-state index in [1.165, 1.54) is 11.8 Å². The van der Waals surface area contributed by atoms with Gasteiger partial charge in [0.15, 0.2) is 5.54 Å². The van der Waals surface area contributed by atoms with E-state index >= 15 is 0 Å². The number of carbonyl (C=O) groups is 2. The summed E-state index contributed by atoms with van der Waals surface area (Å²) < 4.78 is 0.803. The van der Waals surface area contributed by atoms with Gasteiger partial charge in [-0.3, -0.25) is 4.79 Å². The van der Waals surface area contributed by atoms with Gasteiger partial charge < -0.3 is 10.0 Å². The maximum Gasteiger partial charge on any atom is 0.334 e. The molecule has 2 rings (SSSR count). The lowest BCUT2D eigenvalue weighted by atomic mass is 9.89. The lowest BCUT2D eigenvalue weighted by Gasteiger charge is -2.38. The molecule has 4 nitrogen and oxygen atoms in total. The number of carboxylic acids is 1. The summed E-state index contributed by atoms with van der Waals surface area (Å²) in [5.74, 6) is -1.21. The number of amides is 1. The average Bonchev–Trinajstić information content (AvgIpc) is 3.12. The van der Waals surface area contributed by atoms with E-state index in [1.54, 1.807) is 25.1 Å². The number of aliphatic carboxylic acids is 1. The van der Waals surface area contributed by atoms with E-state index in [0.717, 1.165) is 17.3 Å². The van der Waals surface area contributed by atoms with Crippen LogP contribution in [0.15, 0.2) is 28.7 Å². The van der Waals surface area contributed by atoms with E-state index in [2.05, 4.69) is 15.9 Å². The van der Waals surface area contributed by atoms with Crippen molar-refractivity contribution < 1.29 is 14.7 Å². The van der Waals surface area contributed by atoms with Crippen molar-refractivity contribution in [2.75, 3.05) is 0 Å². The van der Waals surface area contributed by atoms with Crippen LogP contribution >= 0.6 is 15.9 Å². The Hall–Kier alpha value is -1.36. The second kappa shape index (κ2) is 4.96. The third-order valence-corrected chi connectivity index (χ3v) is 4.03. The van der Waals surface area contributed by atoms with E-state index in [9.17, 15) is 14.7 Å². The Morgan fingerprint density at radius 2 is 2.05 bits per heavy atom. The summed E-state index contributed by atoms with van der Waals surface area (Å²) >= 11 is 3.35. The van der Waals surface area contributed by atoms with E-state index in [-0.39, 0.29) is 11.9 Å². The van der Waals surface area contributed by atoms with Gasteiger partial charge in [0.05, 0.1) is 0 Å². The van der Waals surface area contributed by atoms with Gasteiger partial charge in [0.1, 0.15) is 0 Å². The van der Waals surface area contributed by atoms with Crippen LogP contribution in [0.1, 0.15) is 32.3 Å². The van der Waals surface area contributed by atoms with Gasteiger partial charge in [-0.05, 0) is 37.5 Å². The summed E-state index contributed by atoms with van der Waals surface area (Å²) in [5.41, 5.74) is -0.715. The Balaban J connectivity index is 2.53. The van der Waals surface area contributed by atoms with E-state index in [0.29, 0.717) is 5.56 Å². The molecule has 1 aromatic carbocycles. The fourth-order valence-corrected chi connectivity index (χ4v) is 2.83. The monoisotopic (exact) mass is 325 g/mol. The smallest absolute Gasteiger partial charge is 0.334 e. The minimum atomic E-state index is -1.32. The van der Waals surface area contributed by atoms with Crippen LogP contribution < -0.4 is 0 Å². The Kier molecular flexibility index (Phi) is 3.67. The van der Waals surface area contributed by atoms with Gasteiger partial charge in [0, 0.05) is 17.4 Å². The van der Waals surface area contributed by atoms with Crippen LogP contribution in [0.2, 0.25) is 0 Å². The molecule has 1 aliphatic rings. The molecule has 0 radical (unpaired) electrons. The predicted molar refractivity (Wildman–Crippen MR) is 74.7 cm³/mol. The lowest BCUT2D eigenvalue weighted by Crippen LogP contribution is -2.53. The fourth-order valence-electron chi connectivity index (χ4n) is 2.43. The van der Waals surface area contributed by atoms with Gasteiger partial charge in [-0.15, -0.1) is 0 Å². The highest BCUT2D eigenvalue weighted by atomic mass is 79.9. The fraction of sp³-hybridized carbons (Fsp3) is 0.429. The molecule has 19 heavy (non-hydrogen) atoms. The van der Waals surface area contributed by atoms with Crippen molar-refractivity contribution in [1.29, 1.82) is 0 Å². The molecule has 1 saturated carbocycles. The van der Waals surface area contributed by atoms with Gasteiger partial charge in [0.2, 0.25) is 5.91 Å². The molecule has 1 unspecified atom stereocenters. The number of hydrogen-bond acceptors (Lipinski definition) is 2. The summed E-state index contributed by atoms with van der Waals surface area (Å²) in [6, 6.07) is 7.16. The minimum absolute atomic E-state index is 0.0394. The molecule has 1 N–H and O–H groups in total. The molecule has 1 aliphatic carbocycles. The maximum atomic E-state index is 11.9. The van der Waals surface area contributed by atoms with Gasteiger partial charge in [0.25, 0.3) is 0 Å². The number of carbonyl (C=O) groups excluding carboxylic acids is 1. The van der Waals surface area contributed by atoms with Gasteiger partial charge in [-0.25, -0.2) is 4.79 Å². The van der Waals surface area contributed by atoms with Gasteiger partial charge in [-0.2, -0.15) is 0 Å². The van der Waals surface area contributed by atoms with Crippen LogP contribution in [0.5, 0.6) is 0 Å². The Labute approximate surface area is 120 Å². The summed E-state index contributed by atoms with van der Waals surface area (Å²) in [7, 11) is 0. The first kappa shape index (κ1) is 14.1.